The van der Waals surface area contributed by atoms with E-state index in [1.54, 1.807) is 12.1 Å². The van der Waals surface area contributed by atoms with E-state index in [4.69, 9.17) is 4.42 Å². The summed E-state index contributed by atoms with van der Waals surface area (Å²) in [7, 11) is 0. The zero-order valence-corrected chi connectivity index (χ0v) is 17.3. The van der Waals surface area contributed by atoms with Crippen molar-refractivity contribution < 1.29 is 14.0 Å². The molecule has 6 nitrogen and oxygen atoms in total. The molecule has 29 heavy (non-hydrogen) atoms. The van der Waals surface area contributed by atoms with Gasteiger partial charge >= 0.3 is 0 Å². The lowest BCUT2D eigenvalue weighted by Crippen LogP contribution is -2.34. The minimum atomic E-state index is -0.299. The van der Waals surface area contributed by atoms with Gasteiger partial charge in [-0.25, -0.2) is 0 Å². The Morgan fingerprint density at radius 3 is 2.38 bits per heavy atom. The van der Waals surface area contributed by atoms with Crippen molar-refractivity contribution in [2.24, 2.45) is 0 Å². The van der Waals surface area contributed by atoms with Gasteiger partial charge in [0.05, 0.1) is 11.8 Å². The molecule has 152 valence electrons. The van der Waals surface area contributed by atoms with Gasteiger partial charge in [0.2, 0.25) is 0 Å². The summed E-state index contributed by atoms with van der Waals surface area (Å²) in [6.45, 7) is 8.92. The van der Waals surface area contributed by atoms with Gasteiger partial charge in [-0.1, -0.05) is 26.0 Å². The van der Waals surface area contributed by atoms with E-state index >= 15 is 0 Å². The lowest BCUT2D eigenvalue weighted by Gasteiger charge is -2.13. The maximum absolute atomic E-state index is 12.7. The van der Waals surface area contributed by atoms with Crippen molar-refractivity contribution in [2.45, 2.75) is 33.6 Å². The summed E-state index contributed by atoms with van der Waals surface area (Å²) in [5.41, 5.74) is 4.83. The third-order valence-electron chi connectivity index (χ3n) is 4.91. The first kappa shape index (κ1) is 20.5. The number of hydrogen-bond acceptors (Lipinski definition) is 3. The van der Waals surface area contributed by atoms with Crippen molar-refractivity contribution in [1.29, 1.82) is 0 Å². The van der Waals surface area contributed by atoms with Crippen LogP contribution in [0.1, 0.15) is 57.6 Å². The van der Waals surface area contributed by atoms with Gasteiger partial charge in [-0.2, -0.15) is 0 Å². The highest BCUT2D eigenvalue weighted by Crippen LogP contribution is 2.24. The van der Waals surface area contributed by atoms with Crippen molar-refractivity contribution in [3.63, 3.8) is 0 Å². The molecule has 0 atom stereocenters. The Kier molecular flexibility index (Phi) is 6.22. The Morgan fingerprint density at radius 2 is 1.72 bits per heavy atom. The molecule has 6 heteroatoms. The van der Waals surface area contributed by atoms with Crippen LogP contribution in [0.25, 0.3) is 5.69 Å². The van der Waals surface area contributed by atoms with Crippen LogP contribution in [-0.4, -0.2) is 29.5 Å². The molecule has 1 aromatic carbocycles. The molecule has 0 aliphatic heterocycles. The van der Waals surface area contributed by atoms with Gasteiger partial charge < -0.3 is 19.6 Å². The van der Waals surface area contributed by atoms with Gasteiger partial charge in [-0.05, 0) is 55.7 Å². The number of hydrogen-bond donors (Lipinski definition) is 2. The van der Waals surface area contributed by atoms with Gasteiger partial charge in [-0.15, -0.1) is 0 Å². The third kappa shape index (κ3) is 4.59. The molecule has 2 heterocycles. The number of aryl methyl sites for hydroxylation is 1. The number of aromatic nitrogens is 1. The van der Waals surface area contributed by atoms with Crippen molar-refractivity contribution in [1.82, 2.24) is 15.2 Å². The number of nitrogens with one attached hydrogen (secondary N) is 2. The molecule has 2 amide bonds. The molecule has 0 fully saturated rings. The number of rotatable bonds is 7. The van der Waals surface area contributed by atoms with E-state index in [2.05, 4.69) is 47.2 Å². The van der Waals surface area contributed by atoms with E-state index in [9.17, 15) is 9.59 Å². The molecule has 2 N–H and O–H groups in total. The second-order valence-electron chi connectivity index (χ2n) is 7.36. The fourth-order valence-electron chi connectivity index (χ4n) is 3.36. The molecule has 0 unspecified atom stereocenters. The minimum Gasteiger partial charge on any atom is -0.459 e. The normalized spacial score (nSPS) is 10.9. The van der Waals surface area contributed by atoms with E-state index < -0.39 is 0 Å². The van der Waals surface area contributed by atoms with Crippen LogP contribution in [0.5, 0.6) is 0 Å². The summed E-state index contributed by atoms with van der Waals surface area (Å²) in [5, 5.41) is 5.58. The highest BCUT2D eigenvalue weighted by atomic mass is 16.3. The first-order valence-corrected chi connectivity index (χ1v) is 9.77. The molecule has 0 saturated carbocycles. The smallest absolute Gasteiger partial charge is 0.287 e. The Morgan fingerprint density at radius 1 is 1.00 bits per heavy atom. The zero-order chi connectivity index (χ0) is 21.0. The Labute approximate surface area is 170 Å². The van der Waals surface area contributed by atoms with Gasteiger partial charge in [-0.3, -0.25) is 9.59 Å². The zero-order valence-electron chi connectivity index (χ0n) is 17.3. The Bertz CT molecular complexity index is 1000. The highest BCUT2D eigenvalue weighted by Gasteiger charge is 2.17. The molecule has 3 rings (SSSR count). The topological polar surface area (TPSA) is 76.3 Å². The molecule has 0 radical (unpaired) electrons. The molecular formula is C23H27N3O3. The van der Waals surface area contributed by atoms with Crippen LogP contribution in [0.2, 0.25) is 0 Å². The minimum absolute atomic E-state index is 0.156. The number of benzene rings is 1. The SMILES string of the molecule is Cc1cc(C(=O)NCCNC(=O)c2ccco2)c(C)n1-c1cccc(C(C)C)c1. The van der Waals surface area contributed by atoms with E-state index in [0.717, 1.165) is 17.1 Å². The predicted molar refractivity (Wildman–Crippen MR) is 113 cm³/mol. The molecule has 2 aromatic heterocycles. The summed E-state index contributed by atoms with van der Waals surface area (Å²) >= 11 is 0. The number of nitrogens with zero attached hydrogens (tertiary/aromatic N) is 1. The summed E-state index contributed by atoms with van der Waals surface area (Å²) in [6.07, 6.45) is 1.45. The molecule has 0 aliphatic rings. The largest absolute Gasteiger partial charge is 0.459 e. The molecule has 0 aliphatic carbocycles. The quantitative estimate of drug-likeness (QED) is 0.596. The molecule has 0 saturated heterocycles. The third-order valence-corrected chi connectivity index (χ3v) is 4.91. The van der Waals surface area contributed by atoms with Crippen molar-refractivity contribution >= 4 is 11.8 Å². The van der Waals surface area contributed by atoms with Crippen molar-refractivity contribution in [2.75, 3.05) is 13.1 Å². The van der Waals surface area contributed by atoms with E-state index in [0.29, 0.717) is 24.6 Å². The van der Waals surface area contributed by atoms with Crippen LogP contribution >= 0.6 is 0 Å². The standard InChI is InChI=1S/C23H27N3O3/c1-15(2)18-7-5-8-19(14-18)26-16(3)13-20(17(26)4)22(27)24-10-11-25-23(28)21-9-6-12-29-21/h5-9,12-15H,10-11H2,1-4H3,(H,24,27)(H,25,28). The first-order valence-electron chi connectivity index (χ1n) is 9.77. The number of amides is 2. The average Bonchev–Trinajstić information content (AvgIpc) is 3.33. The summed E-state index contributed by atoms with van der Waals surface area (Å²) < 4.78 is 7.13. The van der Waals surface area contributed by atoms with Gasteiger partial charge in [0, 0.05) is 30.2 Å². The summed E-state index contributed by atoms with van der Waals surface area (Å²) in [4.78, 5) is 24.5. The number of carbonyl (C=O) groups is 2. The van der Waals surface area contributed by atoms with Crippen molar-refractivity contribution in [3.05, 3.63) is 77.0 Å². The maximum atomic E-state index is 12.7. The molecular weight excluding hydrogens is 366 g/mol. The summed E-state index contributed by atoms with van der Waals surface area (Å²) in [5.74, 6) is 0.234. The van der Waals surface area contributed by atoms with Gasteiger partial charge in [0.15, 0.2) is 5.76 Å². The van der Waals surface area contributed by atoms with Crippen LogP contribution in [0.3, 0.4) is 0 Å². The Hall–Kier alpha value is -3.28. The molecule has 0 bridgehead atoms. The fraction of sp³-hybridized carbons (Fsp3) is 0.304. The lowest BCUT2D eigenvalue weighted by atomic mass is 10.0. The predicted octanol–water partition coefficient (Wildman–Crippen LogP) is 3.97. The Balaban J connectivity index is 1.65. The van der Waals surface area contributed by atoms with Gasteiger partial charge in [0.25, 0.3) is 11.8 Å². The monoisotopic (exact) mass is 393 g/mol. The van der Waals surface area contributed by atoms with E-state index in [1.165, 1.54) is 11.8 Å². The number of carbonyl (C=O) groups excluding carboxylic acids is 2. The van der Waals surface area contributed by atoms with E-state index in [-0.39, 0.29) is 17.6 Å². The summed E-state index contributed by atoms with van der Waals surface area (Å²) in [6, 6.07) is 13.5. The van der Waals surface area contributed by atoms with E-state index in [1.807, 2.05) is 26.0 Å². The van der Waals surface area contributed by atoms with Crippen LogP contribution in [-0.2, 0) is 0 Å². The number of furan rings is 1. The van der Waals surface area contributed by atoms with Crippen LogP contribution in [0.4, 0.5) is 0 Å². The van der Waals surface area contributed by atoms with Crippen molar-refractivity contribution in [3.8, 4) is 5.69 Å². The van der Waals surface area contributed by atoms with Gasteiger partial charge in [0.1, 0.15) is 0 Å². The fourth-order valence-corrected chi connectivity index (χ4v) is 3.36. The maximum Gasteiger partial charge on any atom is 0.287 e. The molecule has 3 aromatic rings. The second-order valence-corrected chi connectivity index (χ2v) is 7.36. The molecule has 0 spiro atoms. The second kappa shape index (κ2) is 8.82. The van der Waals surface area contributed by atoms with Crippen LogP contribution in [0.15, 0.2) is 53.1 Å². The average molecular weight is 393 g/mol. The van der Waals surface area contributed by atoms with Crippen LogP contribution in [0, 0.1) is 13.8 Å². The first-order chi connectivity index (χ1) is 13.9. The highest BCUT2D eigenvalue weighted by molar-refractivity contribution is 5.96. The lowest BCUT2D eigenvalue weighted by molar-refractivity contribution is 0.0910. The van der Waals surface area contributed by atoms with Crippen LogP contribution < -0.4 is 10.6 Å².